The quantitative estimate of drug-likeness (QED) is 0.371. The topological polar surface area (TPSA) is 88.5 Å². The summed E-state index contributed by atoms with van der Waals surface area (Å²) < 4.78 is 30.0. The van der Waals surface area contributed by atoms with Crippen LogP contribution in [-0.4, -0.2) is 55.4 Å². The van der Waals surface area contributed by atoms with E-state index in [0.29, 0.717) is 36.0 Å². The number of amides is 1. The third-order valence-corrected chi connectivity index (χ3v) is 7.68. The number of likely N-dealkylation sites (tertiary alicyclic amines) is 1. The highest BCUT2D eigenvalue weighted by Crippen LogP contribution is 2.47. The molecule has 40 heavy (non-hydrogen) atoms. The van der Waals surface area contributed by atoms with Crippen molar-refractivity contribution < 1.29 is 33.3 Å². The Hall–Kier alpha value is -4.11. The number of methoxy groups -OCH3 is 1. The summed E-state index contributed by atoms with van der Waals surface area (Å²) in [4.78, 5) is 30.3. The van der Waals surface area contributed by atoms with Crippen LogP contribution in [0.1, 0.15) is 42.9 Å². The molecule has 3 atom stereocenters. The second-order valence-corrected chi connectivity index (χ2v) is 10.1. The van der Waals surface area contributed by atoms with E-state index in [1.54, 1.807) is 42.3 Å². The molecule has 3 aromatic carbocycles. The third kappa shape index (κ3) is 5.60. The molecule has 0 unspecified atom stereocenters. The highest BCUT2D eigenvalue weighted by Gasteiger charge is 2.48. The largest absolute Gasteiger partial charge is 0.497 e. The maximum atomic E-state index is 13.8. The van der Waals surface area contributed by atoms with Crippen LogP contribution in [0.25, 0.3) is 0 Å². The lowest BCUT2D eigenvalue weighted by Crippen LogP contribution is -2.41. The van der Waals surface area contributed by atoms with Gasteiger partial charge < -0.3 is 24.2 Å². The minimum Gasteiger partial charge on any atom is -0.497 e. The van der Waals surface area contributed by atoms with Gasteiger partial charge in [0.15, 0.2) is 11.5 Å². The van der Waals surface area contributed by atoms with E-state index < -0.39 is 23.8 Å². The molecule has 1 fully saturated rings. The molecule has 0 radical (unpaired) electrons. The van der Waals surface area contributed by atoms with Crippen LogP contribution in [0.2, 0.25) is 0 Å². The smallest absolute Gasteiger partial charge is 0.309 e. The number of carbonyl (C=O) groups is 2. The van der Waals surface area contributed by atoms with Crippen molar-refractivity contribution in [3.63, 3.8) is 0 Å². The second-order valence-electron chi connectivity index (χ2n) is 10.1. The van der Waals surface area contributed by atoms with E-state index in [0.717, 1.165) is 24.0 Å². The Morgan fingerprint density at radius 2 is 1.73 bits per heavy atom. The van der Waals surface area contributed by atoms with Crippen LogP contribution in [0, 0.1) is 11.7 Å². The standard InChI is InChI=1S/C31H33FN2O6/c1-3-4-15-34(23-10-8-22(32)9-11-23)28(35)18-33-17-25(21-7-14-26-27(16-21)40-19-39-26)29(31(36)37)30(33)20-5-12-24(38-2)13-6-20/h5-14,16,25,29-30H,3-4,15,17-19H2,1-2H3,(H,36,37)/t25-,29+,30-/m1/s1. The van der Waals surface area contributed by atoms with Gasteiger partial charge in [0, 0.05) is 30.7 Å². The fourth-order valence-corrected chi connectivity index (χ4v) is 5.67. The number of aliphatic carboxylic acids is 1. The number of nitrogens with zero attached hydrogens (tertiary/aromatic N) is 2. The summed E-state index contributed by atoms with van der Waals surface area (Å²) in [5.74, 6) is -0.850. The fourth-order valence-electron chi connectivity index (χ4n) is 5.67. The number of carbonyl (C=O) groups excluding carboxylic acids is 1. The summed E-state index contributed by atoms with van der Waals surface area (Å²) in [7, 11) is 1.58. The molecule has 1 N–H and O–H groups in total. The molecule has 0 spiro atoms. The first kappa shape index (κ1) is 27.5. The van der Waals surface area contributed by atoms with Crippen LogP contribution in [0.15, 0.2) is 66.7 Å². The van der Waals surface area contributed by atoms with Crippen LogP contribution < -0.4 is 19.1 Å². The van der Waals surface area contributed by atoms with Crippen molar-refractivity contribution in [3.05, 3.63) is 83.7 Å². The van der Waals surface area contributed by atoms with Crippen molar-refractivity contribution in [2.24, 2.45) is 5.92 Å². The Bertz CT molecular complexity index is 1350. The van der Waals surface area contributed by atoms with E-state index >= 15 is 0 Å². The van der Waals surface area contributed by atoms with Gasteiger partial charge in [-0.2, -0.15) is 0 Å². The molecule has 210 valence electrons. The first-order chi connectivity index (χ1) is 19.4. The first-order valence-corrected chi connectivity index (χ1v) is 13.5. The second kappa shape index (κ2) is 12.0. The molecule has 1 amide bonds. The lowest BCUT2D eigenvalue weighted by molar-refractivity contribution is -0.143. The van der Waals surface area contributed by atoms with E-state index in [4.69, 9.17) is 14.2 Å². The SMILES string of the molecule is CCCCN(C(=O)CN1C[C@H](c2ccc3c(c2)OCO3)[C@H](C(=O)O)[C@H]1c1ccc(OC)cc1)c1ccc(F)cc1. The zero-order valence-electron chi connectivity index (χ0n) is 22.6. The van der Waals surface area contributed by atoms with Crippen LogP contribution in [-0.2, 0) is 9.59 Å². The van der Waals surface area contributed by atoms with E-state index in [2.05, 4.69) is 0 Å². The molecule has 3 aromatic rings. The number of carboxylic acids is 1. The Morgan fingerprint density at radius 1 is 1.02 bits per heavy atom. The zero-order valence-corrected chi connectivity index (χ0v) is 22.6. The Kier molecular flexibility index (Phi) is 8.21. The van der Waals surface area contributed by atoms with Crippen molar-refractivity contribution in [3.8, 4) is 17.2 Å². The summed E-state index contributed by atoms with van der Waals surface area (Å²) in [6, 6.07) is 18.1. The van der Waals surface area contributed by atoms with E-state index in [1.807, 2.05) is 36.1 Å². The molecule has 0 bridgehead atoms. The van der Waals surface area contributed by atoms with Crippen LogP contribution in [0.4, 0.5) is 10.1 Å². The van der Waals surface area contributed by atoms with E-state index in [9.17, 15) is 19.1 Å². The average Bonchev–Trinajstić information content (AvgIpc) is 3.58. The molecular formula is C31H33FN2O6. The summed E-state index contributed by atoms with van der Waals surface area (Å²) >= 11 is 0. The summed E-state index contributed by atoms with van der Waals surface area (Å²) in [6.07, 6.45) is 1.67. The number of carboxylic acid groups (broad SMARTS) is 1. The Labute approximate surface area is 232 Å². The van der Waals surface area contributed by atoms with Gasteiger partial charge in [0.05, 0.1) is 19.6 Å². The van der Waals surface area contributed by atoms with Crippen molar-refractivity contribution in [1.82, 2.24) is 4.90 Å². The summed E-state index contributed by atoms with van der Waals surface area (Å²) in [6.45, 7) is 3.00. The summed E-state index contributed by atoms with van der Waals surface area (Å²) in [5, 5.41) is 10.5. The number of halogens is 1. The van der Waals surface area contributed by atoms with E-state index in [1.165, 1.54) is 12.1 Å². The van der Waals surface area contributed by atoms with Gasteiger partial charge >= 0.3 is 5.97 Å². The lowest BCUT2D eigenvalue weighted by Gasteiger charge is -2.30. The predicted molar refractivity (Wildman–Crippen MR) is 147 cm³/mol. The Morgan fingerprint density at radius 3 is 2.40 bits per heavy atom. The zero-order chi connectivity index (χ0) is 28.2. The molecule has 1 saturated heterocycles. The minimum absolute atomic E-state index is 0.00260. The predicted octanol–water partition coefficient (Wildman–Crippen LogP) is 5.24. The molecule has 0 saturated carbocycles. The van der Waals surface area contributed by atoms with Gasteiger partial charge in [0.1, 0.15) is 11.6 Å². The number of unbranched alkanes of at least 4 members (excludes halogenated alkanes) is 1. The minimum atomic E-state index is -0.945. The number of hydrogen-bond acceptors (Lipinski definition) is 6. The number of ether oxygens (including phenoxy) is 3. The molecule has 8 nitrogen and oxygen atoms in total. The van der Waals surface area contributed by atoms with Gasteiger partial charge in [0.25, 0.3) is 0 Å². The highest BCUT2D eigenvalue weighted by molar-refractivity contribution is 5.95. The maximum Gasteiger partial charge on any atom is 0.309 e. The summed E-state index contributed by atoms with van der Waals surface area (Å²) in [5.41, 5.74) is 2.21. The van der Waals surface area contributed by atoms with Crippen molar-refractivity contribution in [2.75, 3.05) is 38.4 Å². The van der Waals surface area contributed by atoms with Crippen LogP contribution >= 0.6 is 0 Å². The maximum absolute atomic E-state index is 13.8. The number of benzene rings is 3. The van der Waals surface area contributed by atoms with E-state index in [-0.39, 0.29) is 25.1 Å². The molecular weight excluding hydrogens is 515 g/mol. The van der Waals surface area contributed by atoms with Crippen molar-refractivity contribution in [1.29, 1.82) is 0 Å². The lowest BCUT2D eigenvalue weighted by atomic mass is 9.82. The molecule has 2 heterocycles. The number of anilines is 1. The van der Waals surface area contributed by atoms with Gasteiger partial charge in [-0.1, -0.05) is 31.5 Å². The van der Waals surface area contributed by atoms with Gasteiger partial charge in [-0.25, -0.2) is 4.39 Å². The molecule has 2 aliphatic heterocycles. The number of hydrogen-bond donors (Lipinski definition) is 1. The van der Waals surface area contributed by atoms with Gasteiger partial charge in [-0.05, 0) is 66.1 Å². The highest BCUT2D eigenvalue weighted by atomic mass is 19.1. The normalized spacial score (nSPS) is 19.9. The fraction of sp³-hybridized carbons (Fsp3) is 0.355. The van der Waals surface area contributed by atoms with Crippen molar-refractivity contribution >= 4 is 17.6 Å². The molecule has 9 heteroatoms. The van der Waals surface area contributed by atoms with Crippen LogP contribution in [0.3, 0.4) is 0 Å². The molecule has 2 aliphatic rings. The Balaban J connectivity index is 1.50. The first-order valence-electron chi connectivity index (χ1n) is 13.5. The number of rotatable bonds is 10. The van der Waals surface area contributed by atoms with Gasteiger partial charge in [0.2, 0.25) is 12.7 Å². The van der Waals surface area contributed by atoms with Crippen LogP contribution in [0.5, 0.6) is 17.2 Å². The van der Waals surface area contributed by atoms with Gasteiger partial charge in [-0.15, -0.1) is 0 Å². The monoisotopic (exact) mass is 548 g/mol. The molecule has 5 rings (SSSR count). The molecule has 0 aliphatic carbocycles. The third-order valence-electron chi connectivity index (χ3n) is 7.68. The molecule has 0 aromatic heterocycles. The van der Waals surface area contributed by atoms with Crippen molar-refractivity contribution in [2.45, 2.75) is 31.7 Å². The number of fused-ring (bicyclic) bond motifs is 1. The van der Waals surface area contributed by atoms with Gasteiger partial charge in [-0.3, -0.25) is 14.5 Å². The average molecular weight is 549 g/mol.